The molecule has 0 amide bonds. The lowest BCUT2D eigenvalue weighted by molar-refractivity contribution is 0.799. The van der Waals surface area contributed by atoms with Crippen molar-refractivity contribution in [2.45, 2.75) is 20.4 Å². The molecule has 3 aromatic rings. The first-order valence-corrected chi connectivity index (χ1v) is 6.20. The molecule has 0 aliphatic carbocycles. The van der Waals surface area contributed by atoms with E-state index in [0.717, 1.165) is 12.2 Å². The number of aromatic nitrogens is 2. The highest BCUT2D eigenvalue weighted by Crippen LogP contribution is 2.19. The van der Waals surface area contributed by atoms with Crippen LogP contribution in [0.2, 0.25) is 0 Å². The quantitative estimate of drug-likeness (QED) is 0.663. The molecule has 0 radical (unpaired) electrons. The maximum absolute atomic E-state index is 4.46. The van der Waals surface area contributed by atoms with E-state index < -0.39 is 0 Å². The molecule has 2 heteroatoms. The fourth-order valence-corrected chi connectivity index (χ4v) is 2.28. The molecule has 18 heavy (non-hydrogen) atoms. The highest BCUT2D eigenvalue weighted by Gasteiger charge is 2.04. The molecule has 0 saturated carbocycles. The standard InChI is InChI=1S/C16H16N2/c1-12-5-6-14-7-9-18(16(14)10-12)11-15-13(2)4-3-8-17-15/h3-10H,11H2,1-2H3. The predicted octanol–water partition coefficient (Wildman–Crippen LogP) is 3.70. The molecule has 0 atom stereocenters. The topological polar surface area (TPSA) is 17.8 Å². The number of rotatable bonds is 2. The summed E-state index contributed by atoms with van der Waals surface area (Å²) < 4.78 is 2.26. The summed E-state index contributed by atoms with van der Waals surface area (Å²) in [5.74, 6) is 0. The van der Waals surface area contributed by atoms with Crippen molar-refractivity contribution in [2.24, 2.45) is 0 Å². The van der Waals surface area contributed by atoms with Crippen LogP contribution in [0.5, 0.6) is 0 Å². The van der Waals surface area contributed by atoms with Gasteiger partial charge in [0.2, 0.25) is 0 Å². The number of hydrogen-bond donors (Lipinski definition) is 0. The zero-order chi connectivity index (χ0) is 12.5. The second kappa shape index (κ2) is 4.30. The fourth-order valence-electron chi connectivity index (χ4n) is 2.28. The van der Waals surface area contributed by atoms with Crippen LogP contribution in [-0.4, -0.2) is 9.55 Å². The highest BCUT2D eigenvalue weighted by atomic mass is 15.0. The lowest BCUT2D eigenvalue weighted by Crippen LogP contribution is -2.02. The Kier molecular flexibility index (Phi) is 2.63. The van der Waals surface area contributed by atoms with E-state index in [1.807, 2.05) is 12.3 Å². The van der Waals surface area contributed by atoms with Gasteiger partial charge in [-0.2, -0.15) is 0 Å². The molecule has 0 N–H and O–H groups in total. The molecule has 0 aliphatic rings. The average molecular weight is 236 g/mol. The summed E-state index contributed by atoms with van der Waals surface area (Å²) in [5.41, 5.74) is 4.95. The summed E-state index contributed by atoms with van der Waals surface area (Å²) in [4.78, 5) is 4.46. The Morgan fingerprint density at radius 2 is 2.00 bits per heavy atom. The lowest BCUT2D eigenvalue weighted by atomic mass is 10.2. The SMILES string of the molecule is Cc1ccc2ccn(Cc3ncccc3C)c2c1. The summed E-state index contributed by atoms with van der Waals surface area (Å²) in [6, 6.07) is 12.8. The van der Waals surface area contributed by atoms with Gasteiger partial charge < -0.3 is 4.57 Å². The third-order valence-electron chi connectivity index (χ3n) is 3.37. The van der Waals surface area contributed by atoms with Crippen molar-refractivity contribution in [3.05, 3.63) is 65.6 Å². The number of pyridine rings is 1. The van der Waals surface area contributed by atoms with Crippen LogP contribution in [0.4, 0.5) is 0 Å². The molecule has 2 heterocycles. The van der Waals surface area contributed by atoms with Crippen LogP contribution in [0.25, 0.3) is 10.9 Å². The summed E-state index contributed by atoms with van der Waals surface area (Å²) in [5, 5.41) is 1.29. The first-order chi connectivity index (χ1) is 8.74. The minimum Gasteiger partial charge on any atom is -0.341 e. The van der Waals surface area contributed by atoms with Gasteiger partial charge in [-0.3, -0.25) is 4.98 Å². The van der Waals surface area contributed by atoms with Gasteiger partial charge in [-0.1, -0.05) is 18.2 Å². The van der Waals surface area contributed by atoms with Crippen LogP contribution < -0.4 is 0 Å². The highest BCUT2D eigenvalue weighted by molar-refractivity contribution is 5.80. The van der Waals surface area contributed by atoms with Crippen molar-refractivity contribution < 1.29 is 0 Å². The van der Waals surface area contributed by atoms with Gasteiger partial charge >= 0.3 is 0 Å². The monoisotopic (exact) mass is 236 g/mol. The van der Waals surface area contributed by atoms with Crippen LogP contribution in [0.15, 0.2) is 48.8 Å². The van der Waals surface area contributed by atoms with Gasteiger partial charge in [-0.05, 0) is 48.6 Å². The molecular formula is C16H16N2. The van der Waals surface area contributed by atoms with Gasteiger partial charge in [0.25, 0.3) is 0 Å². The minimum absolute atomic E-state index is 0.833. The Bertz CT molecular complexity index is 695. The second-order valence-corrected chi connectivity index (χ2v) is 4.77. The van der Waals surface area contributed by atoms with Gasteiger partial charge in [-0.25, -0.2) is 0 Å². The second-order valence-electron chi connectivity index (χ2n) is 4.77. The van der Waals surface area contributed by atoms with Crippen LogP contribution in [0.3, 0.4) is 0 Å². The van der Waals surface area contributed by atoms with Crippen molar-refractivity contribution in [1.82, 2.24) is 9.55 Å². The largest absolute Gasteiger partial charge is 0.341 e. The Morgan fingerprint density at radius 3 is 2.83 bits per heavy atom. The van der Waals surface area contributed by atoms with Crippen molar-refractivity contribution in [1.29, 1.82) is 0 Å². The van der Waals surface area contributed by atoms with E-state index in [1.165, 1.54) is 22.0 Å². The van der Waals surface area contributed by atoms with Crippen molar-refractivity contribution in [3.8, 4) is 0 Å². The number of hydrogen-bond acceptors (Lipinski definition) is 1. The zero-order valence-corrected chi connectivity index (χ0v) is 10.7. The molecule has 0 spiro atoms. The van der Waals surface area contributed by atoms with E-state index in [1.54, 1.807) is 0 Å². The number of nitrogens with zero attached hydrogens (tertiary/aromatic N) is 2. The zero-order valence-electron chi connectivity index (χ0n) is 10.7. The van der Waals surface area contributed by atoms with Crippen LogP contribution in [-0.2, 0) is 6.54 Å². The molecule has 0 aliphatic heterocycles. The molecule has 2 nitrogen and oxygen atoms in total. The van der Waals surface area contributed by atoms with Gasteiger partial charge in [-0.15, -0.1) is 0 Å². The number of fused-ring (bicyclic) bond motifs is 1. The Labute approximate surface area is 107 Å². The molecule has 2 aromatic heterocycles. The van der Waals surface area contributed by atoms with E-state index in [2.05, 4.69) is 59.9 Å². The van der Waals surface area contributed by atoms with E-state index in [0.29, 0.717) is 0 Å². The summed E-state index contributed by atoms with van der Waals surface area (Å²) in [6.45, 7) is 5.07. The third kappa shape index (κ3) is 1.90. The number of aryl methyl sites for hydroxylation is 2. The molecule has 0 fully saturated rings. The predicted molar refractivity (Wildman–Crippen MR) is 74.8 cm³/mol. The first kappa shape index (κ1) is 11.0. The first-order valence-electron chi connectivity index (χ1n) is 6.20. The Morgan fingerprint density at radius 1 is 1.11 bits per heavy atom. The molecule has 0 saturated heterocycles. The minimum atomic E-state index is 0.833. The van der Waals surface area contributed by atoms with Gasteiger partial charge in [0, 0.05) is 17.9 Å². The summed E-state index contributed by atoms with van der Waals surface area (Å²) in [6.07, 6.45) is 4.00. The lowest BCUT2D eigenvalue weighted by Gasteiger charge is -2.07. The molecule has 0 unspecified atom stereocenters. The normalized spacial score (nSPS) is 11.0. The maximum atomic E-state index is 4.46. The molecular weight excluding hydrogens is 220 g/mol. The van der Waals surface area contributed by atoms with Crippen molar-refractivity contribution in [2.75, 3.05) is 0 Å². The molecule has 3 rings (SSSR count). The van der Waals surface area contributed by atoms with Crippen LogP contribution in [0, 0.1) is 13.8 Å². The fraction of sp³-hybridized carbons (Fsp3) is 0.188. The average Bonchev–Trinajstić information content (AvgIpc) is 2.75. The van der Waals surface area contributed by atoms with E-state index in [-0.39, 0.29) is 0 Å². The maximum Gasteiger partial charge on any atom is 0.0651 e. The molecule has 90 valence electrons. The van der Waals surface area contributed by atoms with Gasteiger partial charge in [0.1, 0.15) is 0 Å². The Balaban J connectivity index is 2.05. The third-order valence-corrected chi connectivity index (χ3v) is 3.37. The van der Waals surface area contributed by atoms with Crippen LogP contribution >= 0.6 is 0 Å². The van der Waals surface area contributed by atoms with Crippen molar-refractivity contribution >= 4 is 10.9 Å². The van der Waals surface area contributed by atoms with Gasteiger partial charge in [0.05, 0.1) is 12.2 Å². The van der Waals surface area contributed by atoms with E-state index >= 15 is 0 Å². The van der Waals surface area contributed by atoms with Gasteiger partial charge in [0.15, 0.2) is 0 Å². The summed E-state index contributed by atoms with van der Waals surface area (Å²) in [7, 11) is 0. The molecule has 1 aromatic carbocycles. The van der Waals surface area contributed by atoms with E-state index in [9.17, 15) is 0 Å². The van der Waals surface area contributed by atoms with Crippen LogP contribution in [0.1, 0.15) is 16.8 Å². The van der Waals surface area contributed by atoms with Crippen molar-refractivity contribution in [3.63, 3.8) is 0 Å². The Hall–Kier alpha value is -2.09. The summed E-state index contributed by atoms with van der Waals surface area (Å²) >= 11 is 0. The smallest absolute Gasteiger partial charge is 0.0651 e. The van der Waals surface area contributed by atoms with E-state index in [4.69, 9.17) is 0 Å². The number of benzene rings is 1. The molecule has 0 bridgehead atoms.